The minimum Gasteiger partial charge on any atom is -0.304 e. The third kappa shape index (κ3) is 3.03. The molecule has 7 heteroatoms. The molecule has 2 aromatic rings. The van der Waals surface area contributed by atoms with E-state index in [9.17, 15) is 9.18 Å². The zero-order valence-electron chi connectivity index (χ0n) is 11.5. The van der Waals surface area contributed by atoms with Crippen molar-refractivity contribution in [3.63, 3.8) is 0 Å². The molecule has 112 valence electrons. The summed E-state index contributed by atoms with van der Waals surface area (Å²) in [4.78, 5) is 15.0. The van der Waals surface area contributed by atoms with Crippen LogP contribution in [0.5, 0.6) is 0 Å². The number of halogens is 2. The molecule has 1 saturated heterocycles. The molecule has 0 spiro atoms. The lowest BCUT2D eigenvalue weighted by atomic mass is 10.2. The lowest BCUT2D eigenvalue weighted by Crippen LogP contribution is -2.52. The van der Waals surface area contributed by atoms with Crippen LogP contribution in [0.25, 0.3) is 10.1 Å². The Morgan fingerprint density at radius 3 is 2.76 bits per heavy atom. The van der Waals surface area contributed by atoms with E-state index >= 15 is 0 Å². The number of hydrazine groups is 1. The predicted molar refractivity (Wildman–Crippen MR) is 83.3 cm³/mol. The van der Waals surface area contributed by atoms with E-state index < -0.39 is 0 Å². The average Bonchev–Trinajstić information content (AvgIpc) is 2.78. The second-order valence-corrected chi connectivity index (χ2v) is 6.55. The Balaban J connectivity index is 1.80. The van der Waals surface area contributed by atoms with Gasteiger partial charge in [0.1, 0.15) is 10.7 Å². The summed E-state index contributed by atoms with van der Waals surface area (Å²) >= 11 is 7.46. The van der Waals surface area contributed by atoms with Gasteiger partial charge in [0.2, 0.25) is 0 Å². The molecule has 1 amide bonds. The molecular weight excluding hydrogens is 313 g/mol. The van der Waals surface area contributed by atoms with Gasteiger partial charge >= 0.3 is 0 Å². The molecule has 1 aliphatic rings. The van der Waals surface area contributed by atoms with E-state index in [1.165, 1.54) is 23.5 Å². The van der Waals surface area contributed by atoms with Crippen molar-refractivity contribution >= 4 is 38.9 Å². The first-order chi connectivity index (χ1) is 10.0. The van der Waals surface area contributed by atoms with Crippen LogP contribution in [0, 0.1) is 5.82 Å². The van der Waals surface area contributed by atoms with Gasteiger partial charge in [0.25, 0.3) is 5.91 Å². The van der Waals surface area contributed by atoms with E-state index in [1.807, 2.05) is 5.01 Å². The summed E-state index contributed by atoms with van der Waals surface area (Å²) in [6.45, 7) is 3.37. The van der Waals surface area contributed by atoms with Crippen LogP contribution in [0.4, 0.5) is 4.39 Å². The van der Waals surface area contributed by atoms with E-state index in [2.05, 4.69) is 17.4 Å². The maximum Gasteiger partial charge on any atom is 0.277 e. The molecule has 0 aliphatic carbocycles. The number of hydrogen-bond acceptors (Lipinski definition) is 4. The largest absolute Gasteiger partial charge is 0.304 e. The lowest BCUT2D eigenvalue weighted by Gasteiger charge is -2.32. The second kappa shape index (κ2) is 5.88. The van der Waals surface area contributed by atoms with Gasteiger partial charge in [-0.2, -0.15) is 0 Å². The van der Waals surface area contributed by atoms with E-state index in [0.717, 1.165) is 26.2 Å². The van der Waals surface area contributed by atoms with Crippen molar-refractivity contribution in [1.82, 2.24) is 15.3 Å². The fourth-order valence-corrected chi connectivity index (χ4v) is 3.73. The Kier molecular flexibility index (Phi) is 4.12. The van der Waals surface area contributed by atoms with Gasteiger partial charge < -0.3 is 4.90 Å². The highest BCUT2D eigenvalue weighted by Gasteiger charge is 2.21. The molecule has 1 aromatic heterocycles. The van der Waals surface area contributed by atoms with Gasteiger partial charge in [0, 0.05) is 36.3 Å². The molecule has 0 saturated carbocycles. The Labute approximate surface area is 131 Å². The third-order valence-corrected chi connectivity index (χ3v) is 5.22. The number of thiophene rings is 1. The number of amides is 1. The van der Waals surface area contributed by atoms with Crippen LogP contribution in [0.1, 0.15) is 9.67 Å². The molecule has 1 aromatic carbocycles. The Morgan fingerprint density at radius 1 is 1.33 bits per heavy atom. The first-order valence-corrected chi connectivity index (χ1v) is 7.86. The van der Waals surface area contributed by atoms with Crippen LogP contribution >= 0.6 is 22.9 Å². The van der Waals surface area contributed by atoms with Crippen LogP contribution in [0.15, 0.2) is 18.2 Å². The van der Waals surface area contributed by atoms with Crippen molar-refractivity contribution in [2.45, 2.75) is 0 Å². The number of nitrogens with one attached hydrogen (secondary N) is 1. The highest BCUT2D eigenvalue weighted by Crippen LogP contribution is 2.35. The van der Waals surface area contributed by atoms with Gasteiger partial charge in [-0.05, 0) is 25.2 Å². The summed E-state index contributed by atoms with van der Waals surface area (Å²) in [5.41, 5.74) is 2.87. The number of carbonyl (C=O) groups excluding carboxylic acids is 1. The van der Waals surface area contributed by atoms with Crippen molar-refractivity contribution in [3.8, 4) is 0 Å². The first kappa shape index (κ1) is 14.7. The van der Waals surface area contributed by atoms with E-state index in [0.29, 0.717) is 20.0 Å². The van der Waals surface area contributed by atoms with E-state index in [1.54, 1.807) is 6.07 Å². The van der Waals surface area contributed by atoms with Gasteiger partial charge in [-0.3, -0.25) is 10.2 Å². The smallest absolute Gasteiger partial charge is 0.277 e. The average molecular weight is 328 g/mol. The van der Waals surface area contributed by atoms with Crippen molar-refractivity contribution in [1.29, 1.82) is 0 Å². The molecule has 0 bridgehead atoms. The lowest BCUT2D eigenvalue weighted by molar-refractivity contribution is 0.0666. The van der Waals surface area contributed by atoms with Gasteiger partial charge in [-0.15, -0.1) is 11.3 Å². The summed E-state index contributed by atoms with van der Waals surface area (Å²) < 4.78 is 13.9. The number of benzene rings is 1. The molecule has 4 nitrogen and oxygen atoms in total. The summed E-state index contributed by atoms with van der Waals surface area (Å²) in [5, 5.41) is 3.00. The Bertz CT molecular complexity index is 682. The van der Waals surface area contributed by atoms with Crippen molar-refractivity contribution in [2.24, 2.45) is 0 Å². The maximum atomic E-state index is 13.2. The molecular formula is C14H15ClFN3OS. The van der Waals surface area contributed by atoms with Crippen LogP contribution in [0.3, 0.4) is 0 Å². The van der Waals surface area contributed by atoms with Crippen LogP contribution in [0.2, 0.25) is 5.02 Å². The van der Waals surface area contributed by atoms with Crippen molar-refractivity contribution < 1.29 is 9.18 Å². The molecule has 0 unspecified atom stereocenters. The second-order valence-electron chi connectivity index (χ2n) is 5.12. The molecule has 0 radical (unpaired) electrons. The zero-order chi connectivity index (χ0) is 15.0. The van der Waals surface area contributed by atoms with Gasteiger partial charge in [-0.1, -0.05) is 11.6 Å². The minimum absolute atomic E-state index is 0.230. The third-order valence-electron chi connectivity index (χ3n) is 3.56. The highest BCUT2D eigenvalue weighted by atomic mass is 35.5. The maximum absolute atomic E-state index is 13.2. The number of hydrogen-bond donors (Lipinski definition) is 1. The Hall–Kier alpha value is -1.21. The number of rotatable bonds is 2. The quantitative estimate of drug-likeness (QED) is 0.921. The normalized spacial score (nSPS) is 17.3. The molecule has 3 rings (SSSR count). The van der Waals surface area contributed by atoms with Crippen LogP contribution in [-0.2, 0) is 0 Å². The van der Waals surface area contributed by atoms with Crippen molar-refractivity contribution in [3.05, 3.63) is 33.9 Å². The molecule has 21 heavy (non-hydrogen) atoms. The fourth-order valence-electron chi connectivity index (χ4n) is 2.30. The van der Waals surface area contributed by atoms with Crippen LogP contribution < -0.4 is 5.43 Å². The predicted octanol–water partition coefficient (Wildman–Crippen LogP) is 2.59. The number of nitrogens with zero attached hydrogens (tertiary/aromatic N) is 2. The number of likely N-dealkylation sites (N-methyl/N-ethyl adjacent to an activating group) is 1. The SMILES string of the molecule is CN1CCN(NC(=O)c2sc3cc(F)ccc3c2Cl)CC1. The first-order valence-electron chi connectivity index (χ1n) is 6.66. The minimum atomic E-state index is -0.327. The number of fused-ring (bicyclic) bond motifs is 1. The summed E-state index contributed by atoms with van der Waals surface area (Å²) in [5.74, 6) is -0.558. The summed E-state index contributed by atoms with van der Waals surface area (Å²) in [6, 6.07) is 4.36. The molecule has 0 atom stereocenters. The van der Waals surface area contributed by atoms with Gasteiger partial charge in [0.05, 0.1) is 5.02 Å². The number of carbonyl (C=O) groups is 1. The van der Waals surface area contributed by atoms with E-state index in [-0.39, 0.29) is 11.7 Å². The summed E-state index contributed by atoms with van der Waals surface area (Å²) in [6.07, 6.45) is 0. The van der Waals surface area contributed by atoms with Gasteiger partial charge in [0.15, 0.2) is 0 Å². The number of piperazine rings is 1. The van der Waals surface area contributed by atoms with Crippen molar-refractivity contribution in [2.75, 3.05) is 33.2 Å². The molecule has 1 N–H and O–H groups in total. The Morgan fingerprint density at radius 2 is 2.05 bits per heavy atom. The topological polar surface area (TPSA) is 35.6 Å². The molecule has 1 fully saturated rings. The monoisotopic (exact) mass is 327 g/mol. The standard InChI is InChI=1S/C14H15ClFN3OS/c1-18-4-6-19(7-5-18)17-14(20)13-12(15)10-3-2-9(16)8-11(10)21-13/h2-3,8H,4-7H2,1H3,(H,17,20). The molecule has 1 aliphatic heterocycles. The van der Waals surface area contributed by atoms with E-state index in [4.69, 9.17) is 11.6 Å². The van der Waals surface area contributed by atoms with Crippen LogP contribution in [-0.4, -0.2) is 49.0 Å². The molecule has 2 heterocycles. The van der Waals surface area contributed by atoms with Gasteiger partial charge in [-0.25, -0.2) is 9.40 Å². The zero-order valence-corrected chi connectivity index (χ0v) is 13.1. The highest BCUT2D eigenvalue weighted by molar-refractivity contribution is 7.21. The fraction of sp³-hybridized carbons (Fsp3) is 0.357. The summed E-state index contributed by atoms with van der Waals surface area (Å²) in [7, 11) is 2.05.